The second-order valence-corrected chi connectivity index (χ2v) is 1.83. The molecule has 1 N–H and O–H groups in total. The fraction of sp³-hybridized carbons (Fsp3) is 0.167. The van der Waals surface area contributed by atoms with Gasteiger partial charge >= 0.3 is 0 Å². The number of carbonyl (C=O) groups is 1. The Labute approximate surface area is 62.4 Å². The van der Waals surface area contributed by atoms with Crippen LogP contribution in [0.4, 0.5) is 5.88 Å². The van der Waals surface area contributed by atoms with E-state index in [1.54, 1.807) is 0 Å². The summed E-state index contributed by atoms with van der Waals surface area (Å²) in [5.41, 5.74) is 0. The summed E-state index contributed by atoms with van der Waals surface area (Å²) in [6.45, 7) is 1.27. The molecule has 11 heavy (non-hydrogen) atoms. The fourth-order valence-electron chi connectivity index (χ4n) is 0.491. The van der Waals surface area contributed by atoms with Crippen LogP contribution in [0.15, 0.2) is 26.8 Å². The van der Waals surface area contributed by atoms with Gasteiger partial charge in [0.1, 0.15) is 0 Å². The molecule has 1 aromatic heterocycles. The Kier molecular flexibility index (Phi) is 2.00. The van der Waals surface area contributed by atoms with Gasteiger partial charge in [-0.25, -0.2) is 0 Å². The first-order valence-corrected chi connectivity index (χ1v) is 2.89. The van der Waals surface area contributed by atoms with Crippen LogP contribution in [0.2, 0.25) is 0 Å². The van der Waals surface area contributed by atoms with Gasteiger partial charge in [0.2, 0.25) is 5.88 Å². The number of nitrogens with zero attached hydrogens (tertiary/aromatic N) is 2. The monoisotopic (exact) mass is 154 g/mol. The molecule has 1 rings (SSSR count). The SMILES string of the molecule is CC(=O)N=Nc1ccc(O)o1. The summed E-state index contributed by atoms with van der Waals surface area (Å²) < 4.78 is 4.58. The third kappa shape index (κ3) is 2.21. The highest BCUT2D eigenvalue weighted by molar-refractivity contribution is 5.73. The van der Waals surface area contributed by atoms with Gasteiger partial charge in [0.25, 0.3) is 11.9 Å². The van der Waals surface area contributed by atoms with Crippen molar-refractivity contribution in [2.45, 2.75) is 6.92 Å². The average molecular weight is 154 g/mol. The molecule has 0 bridgehead atoms. The Morgan fingerprint density at radius 3 is 2.82 bits per heavy atom. The highest BCUT2D eigenvalue weighted by atomic mass is 16.5. The molecule has 0 saturated heterocycles. The lowest BCUT2D eigenvalue weighted by Gasteiger charge is -1.80. The predicted octanol–water partition coefficient (Wildman–Crippen LogP) is 1.62. The van der Waals surface area contributed by atoms with Crippen LogP contribution >= 0.6 is 0 Å². The van der Waals surface area contributed by atoms with Crippen molar-refractivity contribution >= 4 is 11.8 Å². The van der Waals surface area contributed by atoms with Crippen molar-refractivity contribution < 1.29 is 14.3 Å². The molecule has 5 nitrogen and oxygen atoms in total. The maximum atomic E-state index is 10.3. The van der Waals surface area contributed by atoms with E-state index < -0.39 is 5.91 Å². The lowest BCUT2D eigenvalue weighted by Crippen LogP contribution is -1.76. The summed E-state index contributed by atoms with van der Waals surface area (Å²) in [5, 5.41) is 15.2. The quantitative estimate of drug-likeness (QED) is 0.624. The van der Waals surface area contributed by atoms with Gasteiger partial charge in [-0.2, -0.15) is 0 Å². The van der Waals surface area contributed by atoms with Crippen molar-refractivity contribution in [2.24, 2.45) is 10.2 Å². The van der Waals surface area contributed by atoms with Crippen molar-refractivity contribution in [3.63, 3.8) is 0 Å². The second kappa shape index (κ2) is 2.96. The van der Waals surface area contributed by atoms with E-state index in [0.717, 1.165) is 0 Å². The average Bonchev–Trinajstić information content (AvgIpc) is 2.31. The summed E-state index contributed by atoms with van der Waals surface area (Å²) in [4.78, 5) is 10.3. The number of rotatable bonds is 1. The van der Waals surface area contributed by atoms with Crippen molar-refractivity contribution in [3.8, 4) is 5.95 Å². The number of carbonyl (C=O) groups excluding carboxylic acids is 1. The molecule has 0 fully saturated rings. The number of azo groups is 1. The third-order valence-electron chi connectivity index (χ3n) is 0.867. The van der Waals surface area contributed by atoms with Gasteiger partial charge in [0.15, 0.2) is 0 Å². The van der Waals surface area contributed by atoms with Gasteiger partial charge in [-0.15, -0.1) is 10.2 Å². The Bertz CT molecular complexity index is 290. The van der Waals surface area contributed by atoms with E-state index in [-0.39, 0.29) is 11.8 Å². The zero-order valence-electron chi connectivity index (χ0n) is 5.81. The molecule has 0 aromatic carbocycles. The lowest BCUT2D eigenvalue weighted by atomic mass is 10.6. The number of aromatic hydroxyl groups is 1. The molecule has 0 saturated carbocycles. The Hall–Kier alpha value is -1.65. The second-order valence-electron chi connectivity index (χ2n) is 1.83. The molecule has 5 heteroatoms. The normalized spacial score (nSPS) is 10.6. The number of hydrogen-bond donors (Lipinski definition) is 1. The summed E-state index contributed by atoms with van der Waals surface area (Å²) in [5.74, 6) is -0.555. The van der Waals surface area contributed by atoms with Crippen LogP contribution in [0.25, 0.3) is 0 Å². The van der Waals surface area contributed by atoms with E-state index in [1.165, 1.54) is 19.1 Å². The zero-order valence-corrected chi connectivity index (χ0v) is 5.81. The molecule has 0 atom stereocenters. The number of amides is 1. The van der Waals surface area contributed by atoms with Crippen molar-refractivity contribution in [2.75, 3.05) is 0 Å². The first-order chi connectivity index (χ1) is 5.18. The van der Waals surface area contributed by atoms with E-state index in [1.807, 2.05) is 0 Å². The molecule has 1 amide bonds. The van der Waals surface area contributed by atoms with E-state index >= 15 is 0 Å². The summed E-state index contributed by atoms with van der Waals surface area (Å²) >= 11 is 0. The Balaban J connectivity index is 2.71. The molecule has 58 valence electrons. The van der Waals surface area contributed by atoms with Crippen LogP contribution in [0.3, 0.4) is 0 Å². The first kappa shape index (κ1) is 7.46. The maximum Gasteiger partial charge on any atom is 0.283 e. The van der Waals surface area contributed by atoms with Crippen LogP contribution in [-0.4, -0.2) is 11.0 Å². The van der Waals surface area contributed by atoms with E-state index in [9.17, 15) is 4.79 Å². The summed E-state index contributed by atoms with van der Waals surface area (Å²) in [6, 6.07) is 2.72. The molecule has 1 aromatic rings. The predicted molar refractivity (Wildman–Crippen MR) is 35.6 cm³/mol. The van der Waals surface area contributed by atoms with E-state index in [0.29, 0.717) is 0 Å². The fourth-order valence-corrected chi connectivity index (χ4v) is 0.491. The van der Waals surface area contributed by atoms with Crippen LogP contribution in [0.1, 0.15) is 6.92 Å². The van der Waals surface area contributed by atoms with Gasteiger partial charge in [-0.05, 0) is 0 Å². The van der Waals surface area contributed by atoms with Crippen LogP contribution in [0.5, 0.6) is 5.95 Å². The van der Waals surface area contributed by atoms with E-state index in [2.05, 4.69) is 14.6 Å². The molecular formula is C6H6N2O3. The minimum Gasteiger partial charge on any atom is -0.481 e. The van der Waals surface area contributed by atoms with Crippen LogP contribution in [0, 0.1) is 0 Å². The lowest BCUT2D eigenvalue weighted by molar-refractivity contribution is -0.116. The van der Waals surface area contributed by atoms with Crippen molar-refractivity contribution in [1.29, 1.82) is 0 Å². The smallest absolute Gasteiger partial charge is 0.283 e. The van der Waals surface area contributed by atoms with Crippen molar-refractivity contribution in [3.05, 3.63) is 12.1 Å². The highest BCUT2D eigenvalue weighted by Crippen LogP contribution is 2.21. The van der Waals surface area contributed by atoms with Gasteiger partial charge in [0, 0.05) is 19.1 Å². The van der Waals surface area contributed by atoms with Crippen molar-refractivity contribution in [1.82, 2.24) is 0 Å². The topological polar surface area (TPSA) is 75.2 Å². The Morgan fingerprint density at radius 2 is 2.36 bits per heavy atom. The molecule has 0 aliphatic rings. The minimum atomic E-state index is -0.416. The third-order valence-corrected chi connectivity index (χ3v) is 0.867. The first-order valence-electron chi connectivity index (χ1n) is 2.89. The summed E-state index contributed by atoms with van der Waals surface area (Å²) in [7, 11) is 0. The number of furan rings is 1. The molecule has 0 aliphatic heterocycles. The highest BCUT2D eigenvalue weighted by Gasteiger charge is 1.96. The molecular weight excluding hydrogens is 148 g/mol. The molecule has 0 aliphatic carbocycles. The zero-order chi connectivity index (χ0) is 8.27. The molecule has 1 heterocycles. The van der Waals surface area contributed by atoms with E-state index in [4.69, 9.17) is 5.11 Å². The Morgan fingerprint density at radius 1 is 1.64 bits per heavy atom. The van der Waals surface area contributed by atoms with Gasteiger partial charge < -0.3 is 9.52 Å². The van der Waals surface area contributed by atoms with Gasteiger partial charge in [-0.1, -0.05) is 0 Å². The standard InChI is InChI=1S/C6H6N2O3/c1-4(9)7-8-5-2-3-6(10)11-5/h2-3,10H,1H3. The van der Waals surface area contributed by atoms with Crippen LogP contribution < -0.4 is 0 Å². The summed E-state index contributed by atoms with van der Waals surface area (Å²) in [6.07, 6.45) is 0. The maximum absolute atomic E-state index is 10.3. The number of hydrogen-bond acceptors (Lipinski definition) is 4. The molecule has 0 spiro atoms. The van der Waals surface area contributed by atoms with Crippen LogP contribution in [-0.2, 0) is 4.79 Å². The van der Waals surface area contributed by atoms with Gasteiger partial charge in [-0.3, -0.25) is 4.79 Å². The largest absolute Gasteiger partial charge is 0.481 e. The van der Waals surface area contributed by atoms with Gasteiger partial charge in [0.05, 0.1) is 0 Å². The molecule has 0 radical (unpaired) electrons. The molecule has 0 unspecified atom stereocenters. The minimum absolute atomic E-state index is 0.109.